The Kier molecular flexibility index (Phi) is 5.88. The molecule has 2 N–H and O–H groups in total. The minimum atomic E-state index is -0.0459. The zero-order chi connectivity index (χ0) is 15.2. The van der Waals surface area contributed by atoms with Gasteiger partial charge in [0.05, 0.1) is 14.2 Å². The molecule has 0 spiro atoms. The molecule has 1 aromatic carbocycles. The minimum absolute atomic E-state index is 0.0459. The molecule has 0 saturated carbocycles. The van der Waals surface area contributed by atoms with Crippen molar-refractivity contribution in [1.82, 2.24) is 4.90 Å². The number of hydrogen-bond acceptors (Lipinski definition) is 4. The summed E-state index contributed by atoms with van der Waals surface area (Å²) in [6.07, 6.45) is 3.90. The van der Waals surface area contributed by atoms with Gasteiger partial charge in [-0.25, -0.2) is 0 Å². The number of nitrogens with zero attached hydrogens (tertiary/aromatic N) is 1. The van der Waals surface area contributed by atoms with Crippen molar-refractivity contribution < 1.29 is 9.47 Å². The third kappa shape index (κ3) is 4.11. The van der Waals surface area contributed by atoms with Crippen LogP contribution in [-0.4, -0.2) is 38.8 Å². The van der Waals surface area contributed by atoms with Crippen LogP contribution in [0.5, 0.6) is 11.5 Å². The number of likely N-dealkylation sites (tertiary alicyclic amines) is 1. The maximum Gasteiger partial charge on any atom is 0.123 e. The number of ether oxygens (including phenoxy) is 2. The Morgan fingerprint density at radius 2 is 2.14 bits per heavy atom. The SMILES string of the molecule is CCCC1CCN(CC(N)c2cc(OC)ccc2OC)C1. The van der Waals surface area contributed by atoms with Crippen molar-refractivity contribution in [3.8, 4) is 11.5 Å². The fourth-order valence-corrected chi connectivity index (χ4v) is 3.23. The molecule has 1 saturated heterocycles. The molecule has 4 nitrogen and oxygen atoms in total. The number of hydrogen-bond donors (Lipinski definition) is 1. The first-order valence-electron chi connectivity index (χ1n) is 7.87. The lowest BCUT2D eigenvalue weighted by Gasteiger charge is -2.23. The molecule has 21 heavy (non-hydrogen) atoms. The van der Waals surface area contributed by atoms with E-state index in [0.29, 0.717) is 0 Å². The van der Waals surface area contributed by atoms with E-state index in [-0.39, 0.29) is 6.04 Å². The van der Waals surface area contributed by atoms with Gasteiger partial charge >= 0.3 is 0 Å². The van der Waals surface area contributed by atoms with Gasteiger partial charge in [-0.3, -0.25) is 0 Å². The molecule has 4 heteroatoms. The van der Waals surface area contributed by atoms with Gasteiger partial charge in [0.25, 0.3) is 0 Å². The largest absolute Gasteiger partial charge is 0.497 e. The van der Waals surface area contributed by atoms with Crippen LogP contribution in [0.2, 0.25) is 0 Å². The van der Waals surface area contributed by atoms with E-state index in [4.69, 9.17) is 15.2 Å². The van der Waals surface area contributed by atoms with Crippen molar-refractivity contribution in [2.75, 3.05) is 33.9 Å². The Morgan fingerprint density at radius 1 is 1.33 bits per heavy atom. The highest BCUT2D eigenvalue weighted by Crippen LogP contribution is 2.30. The van der Waals surface area contributed by atoms with Crippen molar-refractivity contribution in [2.45, 2.75) is 32.2 Å². The Hall–Kier alpha value is -1.26. The second-order valence-corrected chi connectivity index (χ2v) is 5.92. The zero-order valence-electron chi connectivity index (χ0n) is 13.5. The number of rotatable bonds is 7. The minimum Gasteiger partial charge on any atom is -0.497 e. The monoisotopic (exact) mass is 292 g/mol. The zero-order valence-corrected chi connectivity index (χ0v) is 13.5. The van der Waals surface area contributed by atoms with Gasteiger partial charge in [0, 0.05) is 24.7 Å². The van der Waals surface area contributed by atoms with E-state index in [9.17, 15) is 0 Å². The first-order chi connectivity index (χ1) is 10.2. The lowest BCUT2D eigenvalue weighted by atomic mass is 10.0. The number of nitrogens with two attached hydrogens (primary N) is 1. The van der Waals surface area contributed by atoms with E-state index in [0.717, 1.165) is 36.1 Å². The normalized spacial score (nSPS) is 20.5. The van der Waals surface area contributed by atoms with Gasteiger partial charge in [0.2, 0.25) is 0 Å². The first kappa shape index (κ1) is 16.1. The summed E-state index contributed by atoms with van der Waals surface area (Å²) in [7, 11) is 3.36. The molecule has 2 atom stereocenters. The maximum absolute atomic E-state index is 6.42. The van der Waals surface area contributed by atoms with Crippen LogP contribution in [0.15, 0.2) is 18.2 Å². The van der Waals surface area contributed by atoms with Gasteiger partial charge in [-0.15, -0.1) is 0 Å². The molecule has 118 valence electrons. The van der Waals surface area contributed by atoms with Crippen LogP contribution in [0.25, 0.3) is 0 Å². The van der Waals surface area contributed by atoms with E-state index in [2.05, 4.69) is 11.8 Å². The average Bonchev–Trinajstić information content (AvgIpc) is 2.94. The summed E-state index contributed by atoms with van der Waals surface area (Å²) < 4.78 is 10.7. The van der Waals surface area contributed by atoms with Gasteiger partial charge < -0.3 is 20.1 Å². The summed E-state index contributed by atoms with van der Waals surface area (Å²) in [5, 5.41) is 0. The number of benzene rings is 1. The molecule has 1 aliphatic rings. The van der Waals surface area contributed by atoms with E-state index in [1.54, 1.807) is 14.2 Å². The molecule has 2 unspecified atom stereocenters. The Morgan fingerprint density at radius 3 is 2.81 bits per heavy atom. The topological polar surface area (TPSA) is 47.7 Å². The summed E-state index contributed by atoms with van der Waals surface area (Å²) in [5.74, 6) is 2.51. The molecule has 1 aromatic rings. The molecule has 0 aromatic heterocycles. The number of methoxy groups -OCH3 is 2. The molecular formula is C17H28N2O2. The van der Waals surface area contributed by atoms with Crippen molar-refractivity contribution in [3.63, 3.8) is 0 Å². The Bertz CT molecular complexity index is 450. The molecule has 0 radical (unpaired) electrons. The van der Waals surface area contributed by atoms with E-state index < -0.39 is 0 Å². The van der Waals surface area contributed by atoms with Crippen molar-refractivity contribution in [1.29, 1.82) is 0 Å². The van der Waals surface area contributed by atoms with Crippen molar-refractivity contribution in [3.05, 3.63) is 23.8 Å². The Labute approximate surface area is 128 Å². The summed E-state index contributed by atoms with van der Waals surface area (Å²) in [6.45, 7) is 5.47. The standard InChI is InChI=1S/C17H28N2O2/c1-4-5-13-8-9-19(11-13)12-16(18)15-10-14(20-2)6-7-17(15)21-3/h6-7,10,13,16H,4-5,8-9,11-12,18H2,1-3H3. The Balaban J connectivity index is 2.01. The van der Waals surface area contributed by atoms with E-state index in [1.165, 1.54) is 25.8 Å². The lowest BCUT2D eigenvalue weighted by Crippen LogP contribution is -2.30. The molecule has 2 rings (SSSR count). The van der Waals surface area contributed by atoms with Crippen LogP contribution >= 0.6 is 0 Å². The quantitative estimate of drug-likeness (QED) is 0.839. The van der Waals surface area contributed by atoms with Crippen LogP contribution in [-0.2, 0) is 0 Å². The highest BCUT2D eigenvalue weighted by Gasteiger charge is 2.24. The van der Waals surface area contributed by atoms with Crippen LogP contribution in [0.3, 0.4) is 0 Å². The van der Waals surface area contributed by atoms with Crippen LogP contribution < -0.4 is 15.2 Å². The van der Waals surface area contributed by atoms with Gasteiger partial charge in [-0.05, 0) is 43.5 Å². The highest BCUT2D eigenvalue weighted by molar-refractivity contribution is 5.42. The fourth-order valence-electron chi connectivity index (χ4n) is 3.23. The summed E-state index contributed by atoms with van der Waals surface area (Å²) in [4.78, 5) is 2.48. The fraction of sp³-hybridized carbons (Fsp3) is 0.647. The van der Waals surface area contributed by atoms with E-state index in [1.807, 2.05) is 18.2 Å². The van der Waals surface area contributed by atoms with Gasteiger partial charge in [-0.1, -0.05) is 13.3 Å². The molecule has 0 bridgehead atoms. The molecular weight excluding hydrogens is 264 g/mol. The molecule has 0 aliphatic carbocycles. The van der Waals surface area contributed by atoms with Crippen molar-refractivity contribution >= 4 is 0 Å². The summed E-state index contributed by atoms with van der Waals surface area (Å²) in [5.41, 5.74) is 7.44. The van der Waals surface area contributed by atoms with Crippen molar-refractivity contribution in [2.24, 2.45) is 11.7 Å². The predicted molar refractivity (Wildman–Crippen MR) is 85.9 cm³/mol. The van der Waals surface area contributed by atoms with Crippen LogP contribution in [0, 0.1) is 5.92 Å². The summed E-state index contributed by atoms with van der Waals surface area (Å²) >= 11 is 0. The van der Waals surface area contributed by atoms with Crippen LogP contribution in [0.4, 0.5) is 0 Å². The third-order valence-corrected chi connectivity index (χ3v) is 4.36. The second-order valence-electron chi connectivity index (χ2n) is 5.92. The maximum atomic E-state index is 6.42. The van der Waals surface area contributed by atoms with Gasteiger partial charge in [-0.2, -0.15) is 0 Å². The predicted octanol–water partition coefficient (Wildman–Crippen LogP) is 2.83. The molecule has 0 amide bonds. The van der Waals surface area contributed by atoms with Crippen LogP contribution in [0.1, 0.15) is 37.8 Å². The summed E-state index contributed by atoms with van der Waals surface area (Å²) in [6, 6.07) is 5.78. The first-order valence-corrected chi connectivity index (χ1v) is 7.87. The van der Waals surface area contributed by atoms with Gasteiger partial charge in [0.15, 0.2) is 0 Å². The average molecular weight is 292 g/mol. The third-order valence-electron chi connectivity index (χ3n) is 4.36. The molecule has 1 heterocycles. The molecule has 1 aliphatic heterocycles. The van der Waals surface area contributed by atoms with Gasteiger partial charge in [0.1, 0.15) is 11.5 Å². The molecule has 1 fully saturated rings. The highest BCUT2D eigenvalue weighted by atomic mass is 16.5. The smallest absolute Gasteiger partial charge is 0.123 e. The second kappa shape index (κ2) is 7.66. The lowest BCUT2D eigenvalue weighted by molar-refractivity contribution is 0.296. The van der Waals surface area contributed by atoms with E-state index >= 15 is 0 Å².